The highest BCUT2D eigenvalue weighted by Gasteiger charge is 2.32. The number of tetrazole rings is 1. The van der Waals surface area contributed by atoms with Crippen LogP contribution in [-0.2, 0) is 6.54 Å². The van der Waals surface area contributed by atoms with Crippen LogP contribution in [0, 0.1) is 0 Å². The lowest BCUT2D eigenvalue weighted by molar-refractivity contribution is 0.0712. The van der Waals surface area contributed by atoms with Gasteiger partial charge in [-0.2, -0.15) is 4.80 Å². The Labute approximate surface area is 160 Å². The lowest BCUT2D eigenvalue weighted by Crippen LogP contribution is -2.38. The molecule has 9 heteroatoms. The van der Waals surface area contributed by atoms with Crippen LogP contribution in [0.5, 0.6) is 5.88 Å². The summed E-state index contributed by atoms with van der Waals surface area (Å²) >= 11 is 1.58. The number of carbonyl (C=O) groups excluding carboxylic acids is 1. The van der Waals surface area contributed by atoms with Gasteiger partial charge >= 0.3 is 0 Å². The van der Waals surface area contributed by atoms with Crippen LogP contribution in [0.15, 0.2) is 35.8 Å². The van der Waals surface area contributed by atoms with Gasteiger partial charge in [-0.1, -0.05) is 6.07 Å². The molecule has 0 aromatic carbocycles. The van der Waals surface area contributed by atoms with Gasteiger partial charge in [0.05, 0.1) is 24.1 Å². The summed E-state index contributed by atoms with van der Waals surface area (Å²) in [6, 6.07) is 7.47. The van der Waals surface area contributed by atoms with Gasteiger partial charge in [-0.25, -0.2) is 4.98 Å². The SMILES string of the molecule is CCOc1ncccc1C(=O)N1CCCC1Cn1nnc(-c2cccs2)n1. The molecule has 0 N–H and O–H groups in total. The van der Waals surface area contributed by atoms with E-state index in [0.29, 0.717) is 37.0 Å². The lowest BCUT2D eigenvalue weighted by atomic mass is 10.2. The maximum Gasteiger partial charge on any atom is 0.259 e. The summed E-state index contributed by atoms with van der Waals surface area (Å²) in [5.74, 6) is 0.939. The van der Waals surface area contributed by atoms with Crippen LogP contribution < -0.4 is 4.74 Å². The topological polar surface area (TPSA) is 86.0 Å². The monoisotopic (exact) mass is 384 g/mol. The third kappa shape index (κ3) is 3.68. The second kappa shape index (κ2) is 7.83. The highest BCUT2D eigenvalue weighted by molar-refractivity contribution is 7.13. The van der Waals surface area contributed by atoms with Crippen molar-refractivity contribution in [3.63, 3.8) is 0 Å². The smallest absolute Gasteiger partial charge is 0.259 e. The first kappa shape index (κ1) is 17.6. The van der Waals surface area contributed by atoms with Crippen LogP contribution in [0.1, 0.15) is 30.1 Å². The summed E-state index contributed by atoms with van der Waals surface area (Å²) in [6.45, 7) is 3.57. The predicted octanol–water partition coefficient (Wildman–Crippen LogP) is 2.50. The van der Waals surface area contributed by atoms with Crippen LogP contribution in [0.3, 0.4) is 0 Å². The standard InChI is InChI=1S/C18H20N6O2S/c1-2-26-17-14(7-3-9-19-17)18(25)23-10-4-6-13(23)12-24-21-16(20-22-24)15-8-5-11-27-15/h3,5,7-9,11,13H,2,4,6,10,12H2,1H3. The number of hydrogen-bond donors (Lipinski definition) is 0. The quantitative estimate of drug-likeness (QED) is 0.649. The van der Waals surface area contributed by atoms with Crippen LogP contribution in [-0.4, -0.2) is 55.2 Å². The van der Waals surface area contributed by atoms with Crippen molar-refractivity contribution in [2.45, 2.75) is 32.4 Å². The largest absolute Gasteiger partial charge is 0.477 e. The molecule has 0 bridgehead atoms. The van der Waals surface area contributed by atoms with E-state index in [-0.39, 0.29) is 11.9 Å². The Hall–Kier alpha value is -2.81. The molecule has 1 aliphatic rings. The van der Waals surface area contributed by atoms with Gasteiger partial charge in [-0.05, 0) is 48.6 Å². The van der Waals surface area contributed by atoms with E-state index in [2.05, 4.69) is 20.4 Å². The minimum Gasteiger partial charge on any atom is -0.477 e. The molecule has 0 spiro atoms. The maximum absolute atomic E-state index is 13.1. The van der Waals surface area contributed by atoms with E-state index in [1.54, 1.807) is 34.5 Å². The van der Waals surface area contributed by atoms with E-state index in [1.807, 2.05) is 29.3 Å². The molecule has 27 heavy (non-hydrogen) atoms. The van der Waals surface area contributed by atoms with Crippen LogP contribution >= 0.6 is 11.3 Å². The second-order valence-corrected chi connectivity index (χ2v) is 7.18. The molecule has 4 rings (SSSR count). The number of carbonyl (C=O) groups is 1. The van der Waals surface area contributed by atoms with Gasteiger partial charge in [-0.3, -0.25) is 4.79 Å². The predicted molar refractivity (Wildman–Crippen MR) is 101 cm³/mol. The molecular formula is C18H20N6O2S. The second-order valence-electron chi connectivity index (χ2n) is 6.23. The number of likely N-dealkylation sites (tertiary alicyclic amines) is 1. The summed E-state index contributed by atoms with van der Waals surface area (Å²) in [6.07, 6.45) is 3.49. The molecule has 1 aliphatic heterocycles. The Morgan fingerprint density at radius 3 is 3.11 bits per heavy atom. The van der Waals surface area contributed by atoms with Crippen LogP contribution in [0.2, 0.25) is 0 Å². The summed E-state index contributed by atoms with van der Waals surface area (Å²) in [7, 11) is 0. The Bertz CT molecular complexity index is 910. The van der Waals surface area contributed by atoms with Gasteiger partial charge in [-0.15, -0.1) is 21.5 Å². The third-order valence-corrected chi connectivity index (χ3v) is 5.35. The lowest BCUT2D eigenvalue weighted by Gasteiger charge is -2.24. The van der Waals surface area contributed by atoms with Gasteiger partial charge in [0, 0.05) is 12.7 Å². The fourth-order valence-electron chi connectivity index (χ4n) is 3.27. The van der Waals surface area contributed by atoms with Gasteiger partial charge < -0.3 is 9.64 Å². The molecule has 1 amide bonds. The summed E-state index contributed by atoms with van der Waals surface area (Å²) in [5, 5.41) is 14.7. The summed E-state index contributed by atoms with van der Waals surface area (Å²) in [5.41, 5.74) is 0.497. The van der Waals surface area contributed by atoms with Gasteiger partial charge in [0.1, 0.15) is 5.56 Å². The number of amides is 1. The molecule has 8 nitrogen and oxygen atoms in total. The molecule has 4 heterocycles. The Balaban J connectivity index is 1.50. The molecule has 0 radical (unpaired) electrons. The molecule has 3 aromatic heterocycles. The van der Waals surface area contributed by atoms with E-state index in [0.717, 1.165) is 17.7 Å². The van der Waals surface area contributed by atoms with Crippen molar-refractivity contribution < 1.29 is 9.53 Å². The minimum absolute atomic E-state index is 0.0255. The number of ether oxygens (including phenoxy) is 1. The van der Waals surface area contributed by atoms with Crippen molar-refractivity contribution in [1.82, 2.24) is 30.1 Å². The number of hydrogen-bond acceptors (Lipinski definition) is 7. The summed E-state index contributed by atoms with van der Waals surface area (Å²) in [4.78, 5) is 21.7. The number of rotatable bonds is 6. The number of aromatic nitrogens is 5. The molecule has 0 saturated carbocycles. The van der Waals surface area contributed by atoms with E-state index in [4.69, 9.17) is 4.74 Å². The third-order valence-electron chi connectivity index (χ3n) is 4.49. The van der Waals surface area contributed by atoms with E-state index >= 15 is 0 Å². The van der Waals surface area contributed by atoms with Crippen molar-refractivity contribution in [3.05, 3.63) is 41.4 Å². The molecule has 140 valence electrons. The van der Waals surface area contributed by atoms with Crippen LogP contribution in [0.4, 0.5) is 0 Å². The van der Waals surface area contributed by atoms with Crippen molar-refractivity contribution in [2.75, 3.05) is 13.2 Å². The van der Waals surface area contributed by atoms with Crippen molar-refractivity contribution >= 4 is 17.2 Å². The number of nitrogens with zero attached hydrogens (tertiary/aromatic N) is 6. The number of thiophene rings is 1. The molecule has 3 aromatic rings. The first-order valence-electron chi connectivity index (χ1n) is 8.96. The van der Waals surface area contributed by atoms with Crippen molar-refractivity contribution in [2.24, 2.45) is 0 Å². The zero-order valence-corrected chi connectivity index (χ0v) is 15.8. The first-order chi connectivity index (χ1) is 13.3. The van der Waals surface area contributed by atoms with Crippen LogP contribution in [0.25, 0.3) is 10.7 Å². The molecule has 0 aliphatic carbocycles. The normalized spacial score (nSPS) is 16.6. The Morgan fingerprint density at radius 2 is 2.30 bits per heavy atom. The molecular weight excluding hydrogens is 364 g/mol. The highest BCUT2D eigenvalue weighted by Crippen LogP contribution is 2.25. The molecule has 1 atom stereocenters. The van der Waals surface area contributed by atoms with E-state index in [9.17, 15) is 4.79 Å². The average Bonchev–Trinajstić information content (AvgIpc) is 3.44. The summed E-state index contributed by atoms with van der Waals surface area (Å²) < 4.78 is 5.52. The number of pyridine rings is 1. The molecule has 1 fully saturated rings. The Morgan fingerprint density at radius 1 is 1.37 bits per heavy atom. The van der Waals surface area contributed by atoms with Crippen molar-refractivity contribution in [1.29, 1.82) is 0 Å². The molecule has 1 saturated heterocycles. The van der Waals surface area contributed by atoms with Crippen molar-refractivity contribution in [3.8, 4) is 16.6 Å². The first-order valence-corrected chi connectivity index (χ1v) is 9.84. The Kier molecular flexibility index (Phi) is 5.10. The zero-order valence-electron chi connectivity index (χ0n) is 15.0. The highest BCUT2D eigenvalue weighted by atomic mass is 32.1. The average molecular weight is 384 g/mol. The van der Waals surface area contributed by atoms with E-state index in [1.165, 1.54) is 0 Å². The van der Waals surface area contributed by atoms with Gasteiger partial charge in [0.2, 0.25) is 11.7 Å². The van der Waals surface area contributed by atoms with Gasteiger partial charge in [0.15, 0.2) is 0 Å². The fraction of sp³-hybridized carbons (Fsp3) is 0.389. The van der Waals surface area contributed by atoms with E-state index < -0.39 is 0 Å². The zero-order chi connectivity index (χ0) is 18.6. The maximum atomic E-state index is 13.1. The molecule has 1 unspecified atom stereocenters. The van der Waals surface area contributed by atoms with Gasteiger partial charge in [0.25, 0.3) is 5.91 Å². The minimum atomic E-state index is -0.0624. The fourth-order valence-corrected chi connectivity index (χ4v) is 3.91.